The third-order valence-electron chi connectivity index (χ3n) is 4.26. The lowest BCUT2D eigenvalue weighted by Crippen LogP contribution is -2.37. The molecule has 0 radical (unpaired) electrons. The third-order valence-corrected chi connectivity index (χ3v) is 5.20. The molecule has 1 aliphatic carbocycles. The zero-order valence-corrected chi connectivity index (χ0v) is 13.6. The summed E-state index contributed by atoms with van der Waals surface area (Å²) in [7, 11) is 1.87. The van der Waals surface area contributed by atoms with Gasteiger partial charge in [0.1, 0.15) is 10.8 Å². The number of benzene rings is 1. The predicted octanol–water partition coefficient (Wildman–Crippen LogP) is 3.75. The molecule has 0 aliphatic heterocycles. The van der Waals surface area contributed by atoms with Crippen LogP contribution in [0.25, 0.3) is 10.6 Å². The lowest BCUT2D eigenvalue weighted by Gasteiger charge is -2.24. The summed E-state index contributed by atoms with van der Waals surface area (Å²) in [5.41, 5.74) is 1.51. The monoisotopic (exact) mass is 318 g/mol. The number of nitrogens with zero attached hydrogens (tertiary/aromatic N) is 2. The van der Waals surface area contributed by atoms with E-state index in [1.807, 2.05) is 23.4 Å². The predicted molar refractivity (Wildman–Crippen MR) is 86.2 cm³/mol. The molecule has 1 atom stereocenters. The summed E-state index contributed by atoms with van der Waals surface area (Å²) in [6.07, 6.45) is 2.75. The topological polar surface area (TPSA) is 33.2 Å². The first kappa shape index (κ1) is 15.2. The lowest BCUT2D eigenvalue weighted by molar-refractivity contribution is -0.131. The van der Waals surface area contributed by atoms with Crippen LogP contribution in [0.2, 0.25) is 0 Å². The van der Waals surface area contributed by atoms with E-state index >= 15 is 0 Å². The summed E-state index contributed by atoms with van der Waals surface area (Å²) in [5.74, 6) is 0.478. The molecule has 5 heteroatoms. The van der Waals surface area contributed by atoms with Crippen LogP contribution in [0.1, 0.15) is 25.5 Å². The molecule has 22 heavy (non-hydrogen) atoms. The Kier molecular flexibility index (Phi) is 4.25. The van der Waals surface area contributed by atoms with Gasteiger partial charge < -0.3 is 4.90 Å². The summed E-state index contributed by atoms with van der Waals surface area (Å²) in [5, 5.41) is 2.63. The molecule has 1 heterocycles. The van der Waals surface area contributed by atoms with Gasteiger partial charge >= 0.3 is 0 Å². The number of amides is 1. The number of hydrogen-bond donors (Lipinski definition) is 0. The fourth-order valence-corrected chi connectivity index (χ4v) is 3.36. The number of rotatable bonds is 5. The first-order valence-electron chi connectivity index (χ1n) is 7.50. The largest absolute Gasteiger partial charge is 0.342 e. The Hall–Kier alpha value is -1.75. The molecule has 1 fully saturated rings. The summed E-state index contributed by atoms with van der Waals surface area (Å²) in [6, 6.07) is 6.67. The first-order chi connectivity index (χ1) is 10.5. The van der Waals surface area contributed by atoms with E-state index in [1.54, 1.807) is 6.07 Å². The van der Waals surface area contributed by atoms with Crippen molar-refractivity contribution in [1.82, 2.24) is 9.88 Å². The van der Waals surface area contributed by atoms with Crippen LogP contribution >= 0.6 is 11.3 Å². The number of hydrogen-bond acceptors (Lipinski definition) is 3. The van der Waals surface area contributed by atoms with Crippen LogP contribution in [-0.2, 0) is 11.2 Å². The van der Waals surface area contributed by atoms with Crippen LogP contribution in [0.5, 0.6) is 0 Å². The number of aromatic nitrogens is 1. The number of halogens is 1. The molecular formula is C17H19FN2OS. The van der Waals surface area contributed by atoms with Crippen molar-refractivity contribution in [3.8, 4) is 10.6 Å². The minimum absolute atomic E-state index is 0.0930. The van der Waals surface area contributed by atoms with E-state index in [-0.39, 0.29) is 11.7 Å². The van der Waals surface area contributed by atoms with Crippen molar-refractivity contribution < 1.29 is 9.18 Å². The number of thiazole rings is 1. The van der Waals surface area contributed by atoms with E-state index in [4.69, 9.17) is 0 Å². The van der Waals surface area contributed by atoms with Crippen molar-refractivity contribution in [3.63, 3.8) is 0 Å². The maximum atomic E-state index is 13.3. The molecule has 1 aromatic heterocycles. The van der Waals surface area contributed by atoms with Crippen molar-refractivity contribution in [1.29, 1.82) is 0 Å². The molecule has 1 aromatic carbocycles. The Labute approximate surface area is 133 Å². The van der Waals surface area contributed by atoms with Crippen LogP contribution in [0, 0.1) is 11.7 Å². The van der Waals surface area contributed by atoms with Crippen molar-refractivity contribution in [3.05, 3.63) is 41.2 Å². The second-order valence-electron chi connectivity index (χ2n) is 5.91. The van der Waals surface area contributed by atoms with E-state index in [9.17, 15) is 9.18 Å². The Morgan fingerprint density at radius 3 is 2.95 bits per heavy atom. The van der Waals surface area contributed by atoms with Crippen LogP contribution < -0.4 is 0 Å². The average Bonchev–Trinajstić information content (AvgIpc) is 3.25. The minimum atomic E-state index is -0.275. The van der Waals surface area contributed by atoms with Crippen LogP contribution in [-0.4, -0.2) is 28.9 Å². The van der Waals surface area contributed by atoms with Gasteiger partial charge in [-0.05, 0) is 37.8 Å². The van der Waals surface area contributed by atoms with Gasteiger partial charge in [0.15, 0.2) is 0 Å². The van der Waals surface area contributed by atoms with Gasteiger partial charge in [-0.3, -0.25) is 4.79 Å². The maximum absolute atomic E-state index is 13.3. The molecule has 1 aliphatic rings. The maximum Gasteiger partial charge on any atom is 0.228 e. The molecule has 1 saturated carbocycles. The van der Waals surface area contributed by atoms with Crippen LogP contribution in [0.15, 0.2) is 29.6 Å². The fourth-order valence-electron chi connectivity index (χ4n) is 2.54. The van der Waals surface area contributed by atoms with E-state index in [2.05, 4.69) is 11.9 Å². The SMILES string of the molecule is CC(C1CC1)N(C)C(=O)Cc1csc(-c2cccc(F)c2)n1. The van der Waals surface area contributed by atoms with E-state index in [0.717, 1.165) is 16.3 Å². The summed E-state index contributed by atoms with van der Waals surface area (Å²) >= 11 is 1.44. The Balaban J connectivity index is 1.67. The molecule has 0 saturated heterocycles. The van der Waals surface area contributed by atoms with E-state index in [1.165, 1.54) is 36.3 Å². The first-order valence-corrected chi connectivity index (χ1v) is 8.38. The van der Waals surface area contributed by atoms with Gasteiger partial charge in [0.05, 0.1) is 12.1 Å². The highest BCUT2D eigenvalue weighted by Gasteiger charge is 2.32. The Morgan fingerprint density at radius 2 is 2.27 bits per heavy atom. The molecule has 1 amide bonds. The molecule has 0 spiro atoms. The zero-order chi connectivity index (χ0) is 15.7. The minimum Gasteiger partial charge on any atom is -0.342 e. The molecule has 2 aromatic rings. The molecule has 0 N–H and O–H groups in total. The summed E-state index contributed by atoms with van der Waals surface area (Å²) < 4.78 is 13.3. The second-order valence-corrected chi connectivity index (χ2v) is 6.77. The van der Waals surface area contributed by atoms with Crippen LogP contribution in [0.3, 0.4) is 0 Å². The van der Waals surface area contributed by atoms with Crippen molar-refractivity contribution in [2.45, 2.75) is 32.2 Å². The van der Waals surface area contributed by atoms with Crippen molar-refractivity contribution in [2.75, 3.05) is 7.05 Å². The Bertz CT molecular complexity index is 681. The zero-order valence-electron chi connectivity index (χ0n) is 12.8. The molecule has 1 unspecified atom stereocenters. The highest BCUT2D eigenvalue weighted by atomic mass is 32.1. The molecule has 3 rings (SSSR count). The molecule has 3 nitrogen and oxygen atoms in total. The van der Waals surface area contributed by atoms with E-state index in [0.29, 0.717) is 18.4 Å². The smallest absolute Gasteiger partial charge is 0.228 e. The number of carbonyl (C=O) groups excluding carboxylic acids is 1. The van der Waals surface area contributed by atoms with Gasteiger partial charge in [0, 0.05) is 24.0 Å². The van der Waals surface area contributed by atoms with Gasteiger partial charge in [-0.25, -0.2) is 9.37 Å². The quantitative estimate of drug-likeness (QED) is 0.841. The van der Waals surface area contributed by atoms with E-state index < -0.39 is 0 Å². The average molecular weight is 318 g/mol. The third kappa shape index (κ3) is 3.35. The summed E-state index contributed by atoms with van der Waals surface area (Å²) in [4.78, 5) is 18.6. The molecular weight excluding hydrogens is 299 g/mol. The normalized spacial score (nSPS) is 15.6. The van der Waals surface area contributed by atoms with Gasteiger partial charge in [0.2, 0.25) is 5.91 Å². The lowest BCUT2D eigenvalue weighted by atomic mass is 10.1. The number of carbonyl (C=O) groups is 1. The number of likely N-dealkylation sites (N-methyl/N-ethyl adjacent to an activating group) is 1. The fraction of sp³-hybridized carbons (Fsp3) is 0.412. The van der Waals surface area contributed by atoms with Crippen molar-refractivity contribution in [2.24, 2.45) is 5.92 Å². The van der Waals surface area contributed by atoms with Crippen molar-refractivity contribution >= 4 is 17.2 Å². The van der Waals surface area contributed by atoms with Gasteiger partial charge in [-0.1, -0.05) is 12.1 Å². The summed E-state index contributed by atoms with van der Waals surface area (Å²) in [6.45, 7) is 2.11. The van der Waals surface area contributed by atoms with Crippen LogP contribution in [0.4, 0.5) is 4.39 Å². The molecule has 0 bridgehead atoms. The second kappa shape index (κ2) is 6.16. The standard InChI is InChI=1S/C17H19FN2OS/c1-11(12-6-7-12)20(2)16(21)9-15-10-22-17(19-15)13-4-3-5-14(18)8-13/h3-5,8,10-12H,6-7,9H2,1-2H3. The van der Waals surface area contributed by atoms with Gasteiger partial charge in [-0.15, -0.1) is 11.3 Å². The van der Waals surface area contributed by atoms with Gasteiger partial charge in [0.25, 0.3) is 0 Å². The molecule has 116 valence electrons. The van der Waals surface area contributed by atoms with Gasteiger partial charge in [-0.2, -0.15) is 0 Å². The highest BCUT2D eigenvalue weighted by molar-refractivity contribution is 7.13. The highest BCUT2D eigenvalue weighted by Crippen LogP contribution is 2.34. The Morgan fingerprint density at radius 1 is 1.50 bits per heavy atom.